The van der Waals surface area contributed by atoms with Gasteiger partial charge in [-0.15, -0.1) is 0 Å². The number of nitrogens with one attached hydrogen (secondary N) is 4. The van der Waals surface area contributed by atoms with Gasteiger partial charge in [-0.1, -0.05) is 0 Å². The van der Waals surface area contributed by atoms with Crippen LogP contribution in [0.4, 0.5) is 26.7 Å². The summed E-state index contributed by atoms with van der Waals surface area (Å²) in [5.74, 6) is 0.485. The van der Waals surface area contributed by atoms with Crippen LogP contribution in [0.1, 0.15) is 12.8 Å². The molecule has 1 atom stereocenters. The highest BCUT2D eigenvalue weighted by molar-refractivity contribution is 6.00. The lowest BCUT2D eigenvalue weighted by Gasteiger charge is -2.31. The minimum atomic E-state index is -0.379. The average Bonchev–Trinajstić information content (AvgIpc) is 2.80. The standard InChI is InChI=1S/C22H27N5O4/c1-23-20(28)15-4-3-13-27(14-15)22(30)26-18-7-5-16(6-8-18)24-21(29)25-17-9-11-19(31-2)12-10-17/h5-12,15H,3-4,13-14H2,1-2H3,(H,23,28)(H,26,30)(H2,24,25,29). The number of nitrogens with zero attached hydrogens (tertiary/aromatic N) is 1. The van der Waals surface area contributed by atoms with E-state index in [0.29, 0.717) is 35.9 Å². The van der Waals surface area contributed by atoms with E-state index in [1.54, 1.807) is 67.6 Å². The van der Waals surface area contributed by atoms with Crippen molar-refractivity contribution in [2.24, 2.45) is 5.92 Å². The van der Waals surface area contributed by atoms with E-state index in [1.165, 1.54) is 0 Å². The van der Waals surface area contributed by atoms with Gasteiger partial charge in [-0.2, -0.15) is 0 Å². The second-order valence-corrected chi connectivity index (χ2v) is 7.21. The first-order chi connectivity index (χ1) is 15.0. The molecule has 1 aliphatic heterocycles. The van der Waals surface area contributed by atoms with Gasteiger partial charge in [0.05, 0.1) is 13.0 Å². The summed E-state index contributed by atoms with van der Waals surface area (Å²) in [6, 6.07) is 13.2. The summed E-state index contributed by atoms with van der Waals surface area (Å²) in [6.45, 7) is 1.02. The number of carbonyl (C=O) groups is 3. The topological polar surface area (TPSA) is 112 Å². The van der Waals surface area contributed by atoms with E-state index < -0.39 is 0 Å². The van der Waals surface area contributed by atoms with Gasteiger partial charge in [0, 0.05) is 37.2 Å². The number of urea groups is 2. The Bertz CT molecular complexity index is 915. The molecule has 1 saturated heterocycles. The van der Waals surface area contributed by atoms with E-state index in [1.807, 2.05) is 0 Å². The van der Waals surface area contributed by atoms with Crippen LogP contribution < -0.4 is 26.0 Å². The fraction of sp³-hybridized carbons (Fsp3) is 0.318. The van der Waals surface area contributed by atoms with Gasteiger partial charge in [0.2, 0.25) is 5.91 Å². The summed E-state index contributed by atoms with van der Waals surface area (Å²) >= 11 is 0. The third kappa shape index (κ3) is 6.11. The lowest BCUT2D eigenvalue weighted by Crippen LogP contribution is -2.46. The molecule has 164 valence electrons. The summed E-state index contributed by atoms with van der Waals surface area (Å²) in [6.07, 6.45) is 1.57. The summed E-state index contributed by atoms with van der Waals surface area (Å²) in [4.78, 5) is 38.2. The normalized spacial score (nSPS) is 15.5. The average molecular weight is 425 g/mol. The van der Waals surface area contributed by atoms with E-state index in [0.717, 1.165) is 12.8 Å². The number of carbonyl (C=O) groups excluding carboxylic acids is 3. The summed E-state index contributed by atoms with van der Waals surface area (Å²) in [5, 5.41) is 11.0. The zero-order valence-electron chi connectivity index (χ0n) is 17.6. The zero-order valence-corrected chi connectivity index (χ0v) is 17.6. The SMILES string of the molecule is CNC(=O)C1CCCN(C(=O)Nc2ccc(NC(=O)Nc3ccc(OC)cc3)cc2)C1. The third-order valence-electron chi connectivity index (χ3n) is 5.07. The molecular weight excluding hydrogens is 398 g/mol. The minimum absolute atomic E-state index is 0.0409. The predicted molar refractivity (Wildman–Crippen MR) is 119 cm³/mol. The molecular formula is C22H27N5O4. The predicted octanol–water partition coefficient (Wildman–Crippen LogP) is 3.33. The first kappa shape index (κ1) is 21.9. The van der Waals surface area contributed by atoms with Crippen molar-refractivity contribution < 1.29 is 19.1 Å². The van der Waals surface area contributed by atoms with Crippen LogP contribution in [-0.2, 0) is 4.79 Å². The maximum absolute atomic E-state index is 12.5. The van der Waals surface area contributed by atoms with E-state index in [-0.39, 0.29) is 23.9 Å². The molecule has 1 aliphatic rings. The van der Waals surface area contributed by atoms with Crippen LogP contribution in [0.15, 0.2) is 48.5 Å². The zero-order chi connectivity index (χ0) is 22.2. The van der Waals surface area contributed by atoms with E-state index in [2.05, 4.69) is 21.3 Å². The lowest BCUT2D eigenvalue weighted by molar-refractivity contribution is -0.125. The van der Waals surface area contributed by atoms with E-state index in [9.17, 15) is 14.4 Å². The monoisotopic (exact) mass is 425 g/mol. The van der Waals surface area contributed by atoms with Gasteiger partial charge in [-0.3, -0.25) is 4.79 Å². The molecule has 0 aliphatic carbocycles. The highest BCUT2D eigenvalue weighted by Crippen LogP contribution is 2.20. The second kappa shape index (κ2) is 10.3. The Balaban J connectivity index is 1.50. The van der Waals surface area contributed by atoms with Crippen LogP contribution in [0.3, 0.4) is 0 Å². The molecule has 0 radical (unpaired) electrons. The van der Waals surface area contributed by atoms with Crippen LogP contribution in [0.5, 0.6) is 5.75 Å². The maximum Gasteiger partial charge on any atom is 0.323 e. The molecule has 2 aromatic carbocycles. The molecule has 0 aromatic heterocycles. The van der Waals surface area contributed by atoms with Gasteiger partial charge >= 0.3 is 12.1 Å². The summed E-state index contributed by atoms with van der Waals surface area (Å²) < 4.78 is 5.09. The molecule has 9 heteroatoms. The number of likely N-dealkylation sites (tertiary alicyclic amines) is 1. The molecule has 0 spiro atoms. The van der Waals surface area contributed by atoms with Crippen molar-refractivity contribution in [3.63, 3.8) is 0 Å². The first-order valence-corrected chi connectivity index (χ1v) is 10.1. The van der Waals surface area contributed by atoms with Gasteiger partial charge in [0.1, 0.15) is 5.75 Å². The number of anilines is 3. The number of rotatable bonds is 5. The van der Waals surface area contributed by atoms with Gasteiger partial charge in [-0.05, 0) is 61.4 Å². The molecule has 0 saturated carbocycles. The Morgan fingerprint density at radius 3 is 2.00 bits per heavy atom. The number of methoxy groups -OCH3 is 1. The fourth-order valence-electron chi connectivity index (χ4n) is 3.39. The molecule has 1 heterocycles. The smallest absolute Gasteiger partial charge is 0.323 e. The van der Waals surface area contributed by atoms with Crippen LogP contribution in [0, 0.1) is 5.92 Å². The van der Waals surface area contributed by atoms with Gasteiger partial charge in [0.15, 0.2) is 0 Å². The molecule has 9 nitrogen and oxygen atoms in total. The summed E-state index contributed by atoms with van der Waals surface area (Å²) in [7, 11) is 3.18. The number of hydrogen-bond acceptors (Lipinski definition) is 4. The highest BCUT2D eigenvalue weighted by atomic mass is 16.5. The molecule has 2 aromatic rings. The van der Waals surface area contributed by atoms with Gasteiger partial charge in [0.25, 0.3) is 0 Å². The van der Waals surface area contributed by atoms with Crippen molar-refractivity contribution in [1.82, 2.24) is 10.2 Å². The quantitative estimate of drug-likeness (QED) is 0.589. The molecule has 31 heavy (non-hydrogen) atoms. The largest absolute Gasteiger partial charge is 0.497 e. The van der Waals surface area contributed by atoms with Gasteiger partial charge in [-0.25, -0.2) is 9.59 Å². The van der Waals surface area contributed by atoms with Crippen LogP contribution in [-0.4, -0.2) is 50.1 Å². The molecule has 4 N–H and O–H groups in total. The van der Waals surface area contributed by atoms with E-state index in [4.69, 9.17) is 4.74 Å². The van der Waals surface area contributed by atoms with E-state index >= 15 is 0 Å². The van der Waals surface area contributed by atoms with Crippen LogP contribution >= 0.6 is 0 Å². The molecule has 5 amide bonds. The van der Waals surface area contributed by atoms with Crippen molar-refractivity contribution in [2.75, 3.05) is 43.2 Å². The molecule has 0 bridgehead atoms. The number of amides is 5. The Morgan fingerprint density at radius 1 is 0.903 bits per heavy atom. The van der Waals surface area contributed by atoms with Crippen LogP contribution in [0.25, 0.3) is 0 Å². The Hall–Kier alpha value is -3.75. The second-order valence-electron chi connectivity index (χ2n) is 7.21. The number of ether oxygens (including phenoxy) is 1. The van der Waals surface area contributed by atoms with Crippen molar-refractivity contribution in [1.29, 1.82) is 0 Å². The van der Waals surface area contributed by atoms with Gasteiger partial charge < -0.3 is 30.9 Å². The highest BCUT2D eigenvalue weighted by Gasteiger charge is 2.27. The molecule has 1 unspecified atom stereocenters. The number of hydrogen-bond donors (Lipinski definition) is 4. The summed E-state index contributed by atoms with van der Waals surface area (Å²) in [5.41, 5.74) is 1.83. The molecule has 3 rings (SSSR count). The van der Waals surface area contributed by atoms with Crippen molar-refractivity contribution >= 4 is 35.0 Å². The fourth-order valence-corrected chi connectivity index (χ4v) is 3.39. The minimum Gasteiger partial charge on any atom is -0.497 e. The molecule has 1 fully saturated rings. The van der Waals surface area contributed by atoms with Crippen molar-refractivity contribution in [3.8, 4) is 5.75 Å². The Kier molecular flexibility index (Phi) is 7.31. The number of piperidine rings is 1. The number of benzene rings is 2. The lowest BCUT2D eigenvalue weighted by atomic mass is 9.97. The first-order valence-electron chi connectivity index (χ1n) is 10.1. The van der Waals surface area contributed by atoms with Crippen LogP contribution in [0.2, 0.25) is 0 Å². The maximum atomic E-state index is 12.5. The Morgan fingerprint density at radius 2 is 1.45 bits per heavy atom. The third-order valence-corrected chi connectivity index (χ3v) is 5.07. The Labute approximate surface area is 181 Å². The van der Waals surface area contributed by atoms with Crippen molar-refractivity contribution in [3.05, 3.63) is 48.5 Å². The van der Waals surface area contributed by atoms with Crippen molar-refractivity contribution in [2.45, 2.75) is 12.8 Å².